The molecule has 8 nitrogen and oxygen atoms in total. The smallest absolute Gasteiger partial charge is 0.312 e. The number of hydrogen-bond acceptors (Lipinski definition) is 5. The zero-order chi connectivity index (χ0) is 26.9. The normalized spacial score (nSPS) is 12.8. The number of hydrogen-bond donors (Lipinski definition) is 3. The van der Waals surface area contributed by atoms with E-state index in [9.17, 15) is 14.4 Å². The van der Waals surface area contributed by atoms with Gasteiger partial charge in [0.15, 0.2) is 0 Å². The topological polar surface area (TPSA) is 120 Å². The molecule has 0 heterocycles. The number of ether oxygens (including phenoxy) is 2. The van der Waals surface area contributed by atoms with E-state index in [4.69, 9.17) is 15.2 Å². The molecule has 8 heteroatoms. The molecule has 4 N–H and O–H groups in total. The Morgan fingerprint density at radius 1 is 0.921 bits per heavy atom. The number of anilines is 1. The molecule has 0 radical (unpaired) electrons. The van der Waals surface area contributed by atoms with Crippen LogP contribution >= 0.6 is 0 Å². The van der Waals surface area contributed by atoms with Crippen molar-refractivity contribution in [2.75, 3.05) is 25.6 Å². The maximum Gasteiger partial charge on any atom is 0.312 e. The summed E-state index contributed by atoms with van der Waals surface area (Å²) < 4.78 is 10.9. The molecule has 1 atom stereocenters. The van der Waals surface area contributed by atoms with Gasteiger partial charge in [-0.05, 0) is 52.8 Å². The Bertz CT molecular complexity index is 1230. The lowest BCUT2D eigenvalue weighted by Gasteiger charge is -2.18. The van der Waals surface area contributed by atoms with Crippen LogP contribution in [0.1, 0.15) is 41.9 Å². The van der Waals surface area contributed by atoms with Crippen LogP contribution in [0, 0.1) is 5.92 Å². The molecule has 0 unspecified atom stereocenters. The second-order valence-electron chi connectivity index (χ2n) is 9.36. The number of urea groups is 1. The average Bonchev–Trinajstić information content (AvgIpc) is 3.24. The maximum atomic E-state index is 13.1. The minimum absolute atomic E-state index is 0.0518. The van der Waals surface area contributed by atoms with E-state index in [0.717, 1.165) is 27.8 Å². The zero-order valence-electron chi connectivity index (χ0n) is 21.4. The Kier molecular flexibility index (Phi) is 9.11. The number of fused-ring (bicyclic) bond motifs is 3. The molecule has 38 heavy (non-hydrogen) atoms. The van der Waals surface area contributed by atoms with Crippen molar-refractivity contribution < 1.29 is 23.9 Å². The van der Waals surface area contributed by atoms with Gasteiger partial charge in [-0.25, -0.2) is 4.79 Å². The van der Waals surface area contributed by atoms with Crippen LogP contribution in [0.15, 0.2) is 72.8 Å². The van der Waals surface area contributed by atoms with Crippen molar-refractivity contribution in [1.29, 1.82) is 0 Å². The van der Waals surface area contributed by atoms with Crippen LogP contribution in [-0.4, -0.2) is 38.2 Å². The first-order chi connectivity index (χ1) is 18.5. The first-order valence-electron chi connectivity index (χ1n) is 12.7. The van der Waals surface area contributed by atoms with E-state index in [0.29, 0.717) is 31.7 Å². The highest BCUT2D eigenvalue weighted by Gasteiger charge is 2.30. The van der Waals surface area contributed by atoms with Gasteiger partial charge < -0.3 is 25.8 Å². The molecule has 0 saturated carbocycles. The van der Waals surface area contributed by atoms with E-state index in [1.165, 1.54) is 0 Å². The van der Waals surface area contributed by atoms with E-state index in [-0.39, 0.29) is 24.9 Å². The molecular formula is C30H33N3O5. The number of rotatable bonds is 12. The van der Waals surface area contributed by atoms with Crippen molar-refractivity contribution in [3.8, 4) is 11.1 Å². The summed E-state index contributed by atoms with van der Waals surface area (Å²) in [5.41, 5.74) is 11.3. The molecular weight excluding hydrogens is 482 g/mol. The molecule has 3 aromatic carbocycles. The fourth-order valence-electron chi connectivity index (χ4n) is 4.86. The van der Waals surface area contributed by atoms with Crippen molar-refractivity contribution in [1.82, 2.24) is 5.32 Å². The molecule has 0 bridgehead atoms. The molecule has 1 aliphatic rings. The van der Waals surface area contributed by atoms with Gasteiger partial charge in [0.1, 0.15) is 6.61 Å². The van der Waals surface area contributed by atoms with Crippen molar-refractivity contribution in [3.63, 3.8) is 0 Å². The number of nitrogens with one attached hydrogen (secondary N) is 2. The van der Waals surface area contributed by atoms with Gasteiger partial charge in [0, 0.05) is 31.2 Å². The molecule has 1 aliphatic carbocycles. The van der Waals surface area contributed by atoms with E-state index in [1.54, 1.807) is 19.2 Å². The Hall–Kier alpha value is -4.17. The van der Waals surface area contributed by atoms with Crippen molar-refractivity contribution in [2.24, 2.45) is 11.7 Å². The van der Waals surface area contributed by atoms with Gasteiger partial charge in [0.05, 0.1) is 13.0 Å². The van der Waals surface area contributed by atoms with Gasteiger partial charge in [-0.2, -0.15) is 0 Å². The van der Waals surface area contributed by atoms with Crippen molar-refractivity contribution in [3.05, 3.63) is 89.5 Å². The predicted octanol–water partition coefficient (Wildman–Crippen LogP) is 4.58. The first-order valence-corrected chi connectivity index (χ1v) is 12.7. The monoisotopic (exact) mass is 515 g/mol. The predicted molar refractivity (Wildman–Crippen MR) is 145 cm³/mol. The highest BCUT2D eigenvalue weighted by atomic mass is 16.5. The van der Waals surface area contributed by atoms with Crippen LogP contribution in [-0.2, 0) is 25.7 Å². The summed E-state index contributed by atoms with van der Waals surface area (Å²) in [6, 6.07) is 23.0. The summed E-state index contributed by atoms with van der Waals surface area (Å²) in [5, 5.41) is 5.41. The second-order valence-corrected chi connectivity index (χ2v) is 9.36. The van der Waals surface area contributed by atoms with Crippen molar-refractivity contribution in [2.45, 2.75) is 31.8 Å². The number of esters is 1. The van der Waals surface area contributed by atoms with Gasteiger partial charge in [-0.1, -0.05) is 60.7 Å². The van der Waals surface area contributed by atoms with E-state index in [2.05, 4.69) is 34.9 Å². The van der Waals surface area contributed by atoms with Gasteiger partial charge >= 0.3 is 12.0 Å². The number of amides is 3. The minimum atomic E-state index is -0.626. The number of benzene rings is 3. The number of nitrogens with two attached hydrogens (primary N) is 1. The van der Waals surface area contributed by atoms with E-state index in [1.807, 2.05) is 36.4 Å². The lowest BCUT2D eigenvalue weighted by Crippen LogP contribution is -2.31. The summed E-state index contributed by atoms with van der Waals surface area (Å²) in [6.45, 7) is 0.992. The van der Waals surface area contributed by atoms with Crippen molar-refractivity contribution >= 4 is 23.6 Å². The standard InChI is InChI=1S/C30H33N3O5/c1-37-18-20-12-14-22(15-13-20)33-29(35)21(7-6-16-32-30(31)36)17-28(34)38-19-27-25-10-4-2-8-23(25)24-9-3-5-11-26(24)27/h2-5,8-15,21,27H,6-7,16-19H2,1H3,(H,33,35)(H3,31,32,36)/t21-/m1/s1. The molecule has 198 valence electrons. The molecule has 0 aromatic heterocycles. The summed E-state index contributed by atoms with van der Waals surface area (Å²) in [5.74, 6) is -1.40. The van der Waals surface area contributed by atoms with Crippen LogP contribution in [0.4, 0.5) is 10.5 Å². The van der Waals surface area contributed by atoms with E-state index >= 15 is 0 Å². The van der Waals surface area contributed by atoms with Gasteiger partial charge in [-0.3, -0.25) is 9.59 Å². The van der Waals surface area contributed by atoms with E-state index < -0.39 is 17.9 Å². The van der Waals surface area contributed by atoms with Crippen LogP contribution in [0.3, 0.4) is 0 Å². The fourth-order valence-corrected chi connectivity index (χ4v) is 4.86. The molecule has 0 spiro atoms. The van der Waals surface area contributed by atoms with Gasteiger partial charge in [-0.15, -0.1) is 0 Å². The molecule has 4 rings (SSSR count). The maximum absolute atomic E-state index is 13.1. The minimum Gasteiger partial charge on any atom is -0.465 e. The van der Waals surface area contributed by atoms with Crippen LogP contribution in [0.5, 0.6) is 0 Å². The quantitative estimate of drug-likeness (QED) is 0.241. The lowest BCUT2D eigenvalue weighted by atomic mass is 9.97. The molecule has 3 amide bonds. The number of carbonyl (C=O) groups is 3. The van der Waals surface area contributed by atoms with Crippen LogP contribution in [0.25, 0.3) is 11.1 Å². The van der Waals surface area contributed by atoms with Gasteiger partial charge in [0.25, 0.3) is 0 Å². The Labute approximate surface area is 222 Å². The molecule has 0 saturated heterocycles. The summed E-state index contributed by atoms with van der Waals surface area (Å²) >= 11 is 0. The summed E-state index contributed by atoms with van der Waals surface area (Å²) in [6.07, 6.45) is 0.808. The summed E-state index contributed by atoms with van der Waals surface area (Å²) in [7, 11) is 1.62. The number of methoxy groups -OCH3 is 1. The highest BCUT2D eigenvalue weighted by Crippen LogP contribution is 2.44. The Morgan fingerprint density at radius 3 is 2.16 bits per heavy atom. The highest BCUT2D eigenvalue weighted by molar-refractivity contribution is 5.94. The van der Waals surface area contributed by atoms with Crippen LogP contribution < -0.4 is 16.4 Å². The van der Waals surface area contributed by atoms with Crippen LogP contribution in [0.2, 0.25) is 0 Å². The Morgan fingerprint density at radius 2 is 1.55 bits per heavy atom. The fraction of sp³-hybridized carbons (Fsp3) is 0.300. The first kappa shape index (κ1) is 26.9. The third-order valence-corrected chi connectivity index (χ3v) is 6.72. The molecule has 0 aliphatic heterocycles. The third-order valence-electron chi connectivity index (χ3n) is 6.72. The summed E-state index contributed by atoms with van der Waals surface area (Å²) in [4.78, 5) is 37.1. The second kappa shape index (κ2) is 12.9. The SMILES string of the molecule is COCc1ccc(NC(=O)[C@H](CCCNC(N)=O)CC(=O)OCC2c3ccccc3-c3ccccc32)cc1. The lowest BCUT2D eigenvalue weighted by molar-refractivity contribution is -0.146. The van der Waals surface area contributed by atoms with Gasteiger partial charge in [0.2, 0.25) is 5.91 Å². The third kappa shape index (κ3) is 6.77. The number of carbonyl (C=O) groups excluding carboxylic acids is 3. The molecule has 3 aromatic rings. The average molecular weight is 516 g/mol. The largest absolute Gasteiger partial charge is 0.465 e. The Balaban J connectivity index is 1.39. The number of primary amides is 1. The zero-order valence-corrected chi connectivity index (χ0v) is 21.4. The molecule has 0 fully saturated rings.